The van der Waals surface area contributed by atoms with Crippen LogP contribution in [0.4, 0.5) is 4.39 Å². The van der Waals surface area contributed by atoms with E-state index in [9.17, 15) is 9.50 Å². The average Bonchev–Trinajstić information content (AvgIpc) is 2.24. The second kappa shape index (κ2) is 4.76. The maximum absolute atomic E-state index is 14.1. The van der Waals surface area contributed by atoms with Crippen LogP contribution >= 0.6 is 0 Å². The van der Waals surface area contributed by atoms with Crippen molar-refractivity contribution in [3.8, 4) is 11.5 Å². The first-order valence-corrected chi connectivity index (χ1v) is 5.79. The predicted molar refractivity (Wildman–Crippen MR) is 68.9 cm³/mol. The van der Waals surface area contributed by atoms with Crippen LogP contribution in [0.25, 0.3) is 0 Å². The molecule has 0 aliphatic rings. The van der Waals surface area contributed by atoms with Gasteiger partial charge in [0, 0.05) is 11.1 Å². The SMILES string of the molecule is COc1cc(C(C)(C)F)c(OC)cc1C(C)(C)O. The Morgan fingerprint density at radius 2 is 1.33 bits per heavy atom. The van der Waals surface area contributed by atoms with Gasteiger partial charge in [-0.15, -0.1) is 0 Å². The molecule has 0 spiro atoms. The normalized spacial score (nSPS) is 12.4. The molecule has 0 unspecified atom stereocenters. The topological polar surface area (TPSA) is 38.7 Å². The van der Waals surface area contributed by atoms with E-state index in [1.165, 1.54) is 28.1 Å². The summed E-state index contributed by atoms with van der Waals surface area (Å²) in [6, 6.07) is 3.20. The molecule has 1 rings (SSSR count). The van der Waals surface area contributed by atoms with Gasteiger partial charge in [-0.25, -0.2) is 4.39 Å². The van der Waals surface area contributed by atoms with Gasteiger partial charge in [-0.1, -0.05) is 0 Å². The van der Waals surface area contributed by atoms with E-state index in [1.807, 2.05) is 0 Å². The van der Waals surface area contributed by atoms with Crippen molar-refractivity contribution >= 4 is 0 Å². The standard InChI is InChI=1S/C14H21FO3/c1-13(2,15)9-7-12(18-6)10(14(3,4)16)8-11(9)17-5/h7-8,16H,1-6H3. The van der Waals surface area contributed by atoms with Crippen LogP contribution in [0.15, 0.2) is 12.1 Å². The highest BCUT2D eigenvalue weighted by Gasteiger charge is 2.29. The van der Waals surface area contributed by atoms with Crippen molar-refractivity contribution in [1.29, 1.82) is 0 Å². The van der Waals surface area contributed by atoms with Crippen LogP contribution in [-0.4, -0.2) is 19.3 Å². The third kappa shape index (κ3) is 2.93. The van der Waals surface area contributed by atoms with Crippen molar-refractivity contribution in [2.24, 2.45) is 0 Å². The number of aliphatic hydroxyl groups is 1. The van der Waals surface area contributed by atoms with Crippen molar-refractivity contribution in [2.45, 2.75) is 39.0 Å². The zero-order chi connectivity index (χ0) is 14.1. The van der Waals surface area contributed by atoms with Crippen LogP contribution in [0.1, 0.15) is 38.8 Å². The van der Waals surface area contributed by atoms with Gasteiger partial charge < -0.3 is 14.6 Å². The van der Waals surface area contributed by atoms with Crippen LogP contribution in [-0.2, 0) is 11.3 Å². The fourth-order valence-electron chi connectivity index (χ4n) is 1.84. The first-order chi connectivity index (χ1) is 8.11. The lowest BCUT2D eigenvalue weighted by Crippen LogP contribution is -2.19. The number of methoxy groups -OCH3 is 2. The van der Waals surface area contributed by atoms with E-state index in [4.69, 9.17) is 9.47 Å². The van der Waals surface area contributed by atoms with E-state index in [-0.39, 0.29) is 0 Å². The van der Waals surface area contributed by atoms with Crippen LogP contribution < -0.4 is 9.47 Å². The molecule has 0 bridgehead atoms. The summed E-state index contributed by atoms with van der Waals surface area (Å²) >= 11 is 0. The molecule has 0 aliphatic heterocycles. The van der Waals surface area contributed by atoms with Crippen LogP contribution in [0.5, 0.6) is 11.5 Å². The number of alkyl halides is 1. The monoisotopic (exact) mass is 256 g/mol. The van der Waals surface area contributed by atoms with Gasteiger partial charge in [0.05, 0.1) is 19.8 Å². The van der Waals surface area contributed by atoms with Gasteiger partial charge in [-0.05, 0) is 39.8 Å². The summed E-state index contributed by atoms with van der Waals surface area (Å²) in [5, 5.41) is 10.1. The lowest BCUT2D eigenvalue weighted by molar-refractivity contribution is 0.0751. The second-order valence-corrected chi connectivity index (χ2v) is 5.28. The fraction of sp³-hybridized carbons (Fsp3) is 0.571. The van der Waals surface area contributed by atoms with Crippen molar-refractivity contribution < 1.29 is 19.0 Å². The molecule has 1 aromatic rings. The summed E-state index contributed by atoms with van der Waals surface area (Å²) in [6.45, 7) is 6.19. The highest BCUT2D eigenvalue weighted by atomic mass is 19.1. The van der Waals surface area contributed by atoms with Gasteiger partial charge >= 0.3 is 0 Å². The van der Waals surface area contributed by atoms with Gasteiger partial charge in [0.25, 0.3) is 0 Å². The smallest absolute Gasteiger partial charge is 0.134 e. The molecule has 0 saturated carbocycles. The molecule has 4 heteroatoms. The Morgan fingerprint density at radius 1 is 0.944 bits per heavy atom. The minimum Gasteiger partial charge on any atom is -0.496 e. The molecule has 1 N–H and O–H groups in total. The van der Waals surface area contributed by atoms with Gasteiger partial charge in [0.1, 0.15) is 17.2 Å². The number of halogens is 1. The summed E-state index contributed by atoms with van der Waals surface area (Å²) in [6.07, 6.45) is 0. The van der Waals surface area contributed by atoms with Crippen molar-refractivity contribution in [3.05, 3.63) is 23.3 Å². The van der Waals surface area contributed by atoms with Crippen LogP contribution in [0, 0.1) is 0 Å². The van der Waals surface area contributed by atoms with E-state index in [1.54, 1.807) is 26.0 Å². The highest BCUT2D eigenvalue weighted by Crippen LogP contribution is 2.40. The van der Waals surface area contributed by atoms with Crippen molar-refractivity contribution in [2.75, 3.05) is 14.2 Å². The molecule has 0 heterocycles. The number of hydrogen-bond acceptors (Lipinski definition) is 3. The van der Waals surface area contributed by atoms with E-state index in [2.05, 4.69) is 0 Å². The summed E-state index contributed by atoms with van der Waals surface area (Å²) in [4.78, 5) is 0. The maximum Gasteiger partial charge on any atom is 0.134 e. The van der Waals surface area contributed by atoms with Gasteiger partial charge in [0.2, 0.25) is 0 Å². The summed E-state index contributed by atoms with van der Waals surface area (Å²) in [5.41, 5.74) is -1.67. The number of ether oxygens (including phenoxy) is 2. The molecule has 3 nitrogen and oxygen atoms in total. The molecule has 18 heavy (non-hydrogen) atoms. The molecule has 1 aromatic carbocycles. The predicted octanol–water partition coefficient (Wildman–Crippen LogP) is 3.14. The summed E-state index contributed by atoms with van der Waals surface area (Å²) in [5.74, 6) is 0.851. The average molecular weight is 256 g/mol. The Kier molecular flexibility index (Phi) is 3.91. The molecule has 0 atom stereocenters. The second-order valence-electron chi connectivity index (χ2n) is 5.28. The molecule has 0 amide bonds. The molecule has 0 aliphatic carbocycles. The molecule has 102 valence electrons. The van der Waals surface area contributed by atoms with E-state index in [0.717, 1.165) is 0 Å². The lowest BCUT2D eigenvalue weighted by atomic mass is 9.91. The summed E-state index contributed by atoms with van der Waals surface area (Å²) in [7, 11) is 2.97. The zero-order valence-corrected chi connectivity index (χ0v) is 11.8. The Morgan fingerprint density at radius 3 is 1.67 bits per heavy atom. The van der Waals surface area contributed by atoms with Crippen molar-refractivity contribution in [1.82, 2.24) is 0 Å². The third-order valence-electron chi connectivity index (χ3n) is 2.82. The fourth-order valence-corrected chi connectivity index (χ4v) is 1.84. The molecule has 0 fully saturated rings. The zero-order valence-electron chi connectivity index (χ0n) is 11.8. The summed E-state index contributed by atoms with van der Waals surface area (Å²) < 4.78 is 24.5. The highest BCUT2D eigenvalue weighted by molar-refractivity contribution is 5.50. The number of hydrogen-bond donors (Lipinski definition) is 1. The Bertz CT molecular complexity index is 386. The van der Waals surface area contributed by atoms with E-state index >= 15 is 0 Å². The molecular formula is C14H21FO3. The minimum absolute atomic E-state index is 0.398. The van der Waals surface area contributed by atoms with E-state index < -0.39 is 11.3 Å². The molecule has 0 radical (unpaired) electrons. The Hall–Kier alpha value is -1.29. The first-order valence-electron chi connectivity index (χ1n) is 5.79. The molecule has 0 saturated heterocycles. The van der Waals surface area contributed by atoms with Gasteiger partial charge in [-0.3, -0.25) is 0 Å². The minimum atomic E-state index is -1.54. The third-order valence-corrected chi connectivity index (χ3v) is 2.82. The van der Waals surface area contributed by atoms with Crippen LogP contribution in [0.2, 0.25) is 0 Å². The molecular weight excluding hydrogens is 235 g/mol. The number of rotatable bonds is 4. The lowest BCUT2D eigenvalue weighted by Gasteiger charge is -2.25. The maximum atomic E-state index is 14.1. The quantitative estimate of drug-likeness (QED) is 0.899. The Labute approximate surface area is 108 Å². The number of benzene rings is 1. The molecule has 0 aromatic heterocycles. The van der Waals surface area contributed by atoms with Gasteiger partial charge in [0.15, 0.2) is 0 Å². The van der Waals surface area contributed by atoms with E-state index in [0.29, 0.717) is 22.6 Å². The van der Waals surface area contributed by atoms with Crippen molar-refractivity contribution in [3.63, 3.8) is 0 Å². The Balaban J connectivity index is 3.52. The largest absolute Gasteiger partial charge is 0.496 e. The van der Waals surface area contributed by atoms with Gasteiger partial charge in [-0.2, -0.15) is 0 Å². The van der Waals surface area contributed by atoms with Crippen LogP contribution in [0.3, 0.4) is 0 Å². The first kappa shape index (κ1) is 14.8.